The minimum absolute atomic E-state index is 0. The number of fused-ring (bicyclic) bond motifs is 1. The second-order valence-corrected chi connectivity index (χ2v) is 6.79. The molecule has 1 amide bonds. The van der Waals surface area contributed by atoms with Gasteiger partial charge in [0.05, 0.1) is 6.04 Å². The lowest BCUT2D eigenvalue weighted by atomic mass is 9.89. The standard InChI is InChI=1S/C17H20N2OS.ClH/c1-17(18,12-6-3-2-4-7-12)16(20)19-14-8-5-9-15-13(14)10-11-21-15;/h2-4,6-7,10-11,14H,5,8-9,18H2,1H3,(H,19,20);1H. The quantitative estimate of drug-likeness (QED) is 0.900. The number of rotatable bonds is 3. The lowest BCUT2D eigenvalue weighted by Gasteiger charge is -2.29. The third kappa shape index (κ3) is 3.19. The molecule has 0 saturated heterocycles. The predicted octanol–water partition coefficient (Wildman–Crippen LogP) is 3.54. The summed E-state index contributed by atoms with van der Waals surface area (Å²) in [5.74, 6) is -0.113. The zero-order valence-corrected chi connectivity index (χ0v) is 14.2. The van der Waals surface area contributed by atoms with E-state index in [0.717, 1.165) is 24.8 Å². The van der Waals surface area contributed by atoms with E-state index in [1.54, 1.807) is 18.3 Å². The Morgan fingerprint density at radius 1 is 1.32 bits per heavy atom. The number of hydrogen-bond donors (Lipinski definition) is 2. The van der Waals surface area contributed by atoms with Crippen molar-refractivity contribution in [3.8, 4) is 0 Å². The molecule has 5 heteroatoms. The van der Waals surface area contributed by atoms with Crippen LogP contribution in [0.2, 0.25) is 0 Å². The Balaban J connectivity index is 0.00000176. The van der Waals surface area contributed by atoms with Gasteiger partial charge in [-0.15, -0.1) is 23.7 Å². The van der Waals surface area contributed by atoms with Crippen molar-refractivity contribution < 1.29 is 4.79 Å². The molecule has 0 aliphatic heterocycles. The Hall–Kier alpha value is -1.36. The Labute approximate surface area is 141 Å². The molecule has 1 aliphatic carbocycles. The predicted molar refractivity (Wildman–Crippen MR) is 93.4 cm³/mol. The monoisotopic (exact) mass is 336 g/mol. The van der Waals surface area contributed by atoms with E-state index in [1.165, 1.54) is 10.4 Å². The van der Waals surface area contributed by atoms with Gasteiger partial charge in [-0.3, -0.25) is 4.79 Å². The van der Waals surface area contributed by atoms with Crippen LogP contribution in [0.4, 0.5) is 0 Å². The molecule has 22 heavy (non-hydrogen) atoms. The number of thiophene rings is 1. The van der Waals surface area contributed by atoms with Gasteiger partial charge in [0.15, 0.2) is 0 Å². The molecule has 0 saturated carbocycles. The van der Waals surface area contributed by atoms with Crippen molar-refractivity contribution in [2.24, 2.45) is 5.73 Å². The molecule has 118 valence electrons. The number of carbonyl (C=O) groups excluding carboxylic acids is 1. The van der Waals surface area contributed by atoms with Crippen LogP contribution in [0.5, 0.6) is 0 Å². The molecule has 2 aromatic rings. The number of nitrogens with two attached hydrogens (primary N) is 1. The third-order valence-corrected chi connectivity index (χ3v) is 5.20. The SMILES string of the molecule is CC(N)(C(=O)NC1CCCc2sccc21)c1ccccc1.Cl. The van der Waals surface area contributed by atoms with Gasteiger partial charge in [0.2, 0.25) is 5.91 Å². The van der Waals surface area contributed by atoms with Gasteiger partial charge < -0.3 is 11.1 Å². The van der Waals surface area contributed by atoms with Gasteiger partial charge in [0.25, 0.3) is 0 Å². The summed E-state index contributed by atoms with van der Waals surface area (Å²) in [5, 5.41) is 5.25. The van der Waals surface area contributed by atoms with Crippen molar-refractivity contribution in [1.29, 1.82) is 0 Å². The molecule has 2 unspecified atom stereocenters. The van der Waals surface area contributed by atoms with Crippen LogP contribution in [-0.2, 0) is 16.8 Å². The number of aryl methyl sites for hydroxylation is 1. The molecule has 1 aromatic carbocycles. The van der Waals surface area contributed by atoms with Crippen LogP contribution in [0.15, 0.2) is 41.8 Å². The highest BCUT2D eigenvalue weighted by Gasteiger charge is 2.33. The molecule has 1 aliphatic rings. The third-order valence-electron chi connectivity index (χ3n) is 4.20. The molecular weight excluding hydrogens is 316 g/mol. The number of carbonyl (C=O) groups is 1. The maximum atomic E-state index is 12.6. The first-order valence-electron chi connectivity index (χ1n) is 7.30. The summed E-state index contributed by atoms with van der Waals surface area (Å²) in [5.41, 5.74) is 7.38. The van der Waals surface area contributed by atoms with Gasteiger partial charge in [-0.1, -0.05) is 30.3 Å². The largest absolute Gasteiger partial charge is 0.347 e. The zero-order valence-electron chi connectivity index (χ0n) is 12.5. The second kappa shape index (κ2) is 6.82. The van der Waals surface area contributed by atoms with Gasteiger partial charge >= 0.3 is 0 Å². The summed E-state index contributed by atoms with van der Waals surface area (Å²) < 4.78 is 0. The molecule has 0 fully saturated rings. The first kappa shape index (κ1) is 17.0. The second-order valence-electron chi connectivity index (χ2n) is 5.79. The number of hydrogen-bond acceptors (Lipinski definition) is 3. The molecule has 0 spiro atoms. The van der Waals surface area contributed by atoms with E-state index in [2.05, 4.69) is 16.8 Å². The van der Waals surface area contributed by atoms with Crippen molar-refractivity contribution in [2.45, 2.75) is 37.8 Å². The summed E-state index contributed by atoms with van der Waals surface area (Å²) >= 11 is 1.78. The van der Waals surface area contributed by atoms with Crippen molar-refractivity contribution in [1.82, 2.24) is 5.32 Å². The summed E-state index contributed by atoms with van der Waals surface area (Å²) in [7, 11) is 0. The van der Waals surface area contributed by atoms with Crippen molar-refractivity contribution in [3.05, 3.63) is 57.8 Å². The van der Waals surface area contributed by atoms with Crippen LogP contribution in [0.25, 0.3) is 0 Å². The molecule has 0 bridgehead atoms. The maximum Gasteiger partial charge on any atom is 0.244 e. The maximum absolute atomic E-state index is 12.6. The fourth-order valence-electron chi connectivity index (χ4n) is 2.86. The topological polar surface area (TPSA) is 55.1 Å². The van der Waals surface area contributed by atoms with Crippen LogP contribution in [0, 0.1) is 0 Å². The fourth-order valence-corrected chi connectivity index (χ4v) is 3.85. The number of benzene rings is 1. The van der Waals surface area contributed by atoms with E-state index in [0.29, 0.717) is 0 Å². The van der Waals surface area contributed by atoms with Crippen LogP contribution >= 0.6 is 23.7 Å². The summed E-state index contributed by atoms with van der Waals surface area (Å²) in [4.78, 5) is 14.0. The summed E-state index contributed by atoms with van der Waals surface area (Å²) in [6.45, 7) is 1.77. The van der Waals surface area contributed by atoms with E-state index in [1.807, 2.05) is 30.3 Å². The molecule has 3 nitrogen and oxygen atoms in total. The molecule has 3 N–H and O–H groups in total. The van der Waals surface area contributed by atoms with E-state index < -0.39 is 5.54 Å². The smallest absolute Gasteiger partial charge is 0.244 e. The molecule has 0 radical (unpaired) electrons. The van der Waals surface area contributed by atoms with Crippen molar-refractivity contribution >= 4 is 29.7 Å². The van der Waals surface area contributed by atoms with E-state index in [-0.39, 0.29) is 24.4 Å². The van der Waals surface area contributed by atoms with E-state index in [9.17, 15) is 4.79 Å². The van der Waals surface area contributed by atoms with Gasteiger partial charge in [0.1, 0.15) is 5.54 Å². The minimum atomic E-state index is -1.01. The van der Waals surface area contributed by atoms with Crippen LogP contribution in [0.3, 0.4) is 0 Å². The van der Waals surface area contributed by atoms with Gasteiger partial charge in [-0.05, 0) is 48.8 Å². The summed E-state index contributed by atoms with van der Waals surface area (Å²) in [6.07, 6.45) is 3.23. The molecular formula is C17H21ClN2OS. The van der Waals surface area contributed by atoms with Gasteiger partial charge in [-0.2, -0.15) is 0 Å². The Kier molecular flexibility index (Phi) is 5.27. The van der Waals surface area contributed by atoms with Crippen molar-refractivity contribution in [3.63, 3.8) is 0 Å². The Morgan fingerprint density at radius 3 is 2.77 bits per heavy atom. The highest BCUT2D eigenvalue weighted by Crippen LogP contribution is 2.33. The first-order chi connectivity index (χ1) is 10.1. The minimum Gasteiger partial charge on any atom is -0.347 e. The number of halogens is 1. The fraction of sp³-hybridized carbons (Fsp3) is 0.353. The highest BCUT2D eigenvalue weighted by atomic mass is 35.5. The lowest BCUT2D eigenvalue weighted by Crippen LogP contribution is -2.50. The average molecular weight is 337 g/mol. The Bertz CT molecular complexity index is 639. The molecule has 1 heterocycles. The zero-order chi connectivity index (χ0) is 14.9. The lowest BCUT2D eigenvalue weighted by molar-refractivity contribution is -0.127. The molecule has 3 rings (SSSR count). The number of nitrogens with one attached hydrogen (secondary N) is 1. The Morgan fingerprint density at radius 2 is 2.05 bits per heavy atom. The summed E-state index contributed by atoms with van der Waals surface area (Å²) in [6, 6.07) is 11.8. The van der Waals surface area contributed by atoms with Gasteiger partial charge in [-0.25, -0.2) is 0 Å². The van der Waals surface area contributed by atoms with Crippen molar-refractivity contribution in [2.75, 3.05) is 0 Å². The van der Waals surface area contributed by atoms with Crippen LogP contribution in [0.1, 0.15) is 41.8 Å². The highest BCUT2D eigenvalue weighted by molar-refractivity contribution is 7.10. The number of amides is 1. The first-order valence-corrected chi connectivity index (χ1v) is 8.18. The van der Waals surface area contributed by atoms with Crippen LogP contribution in [-0.4, -0.2) is 5.91 Å². The van der Waals surface area contributed by atoms with E-state index >= 15 is 0 Å². The molecule has 1 aromatic heterocycles. The normalized spacial score (nSPS) is 19.5. The van der Waals surface area contributed by atoms with E-state index in [4.69, 9.17) is 5.73 Å². The molecule has 2 atom stereocenters. The van der Waals surface area contributed by atoms with Gasteiger partial charge in [0, 0.05) is 4.88 Å². The average Bonchev–Trinajstić information content (AvgIpc) is 2.97. The van der Waals surface area contributed by atoms with Crippen LogP contribution < -0.4 is 11.1 Å².